The van der Waals surface area contributed by atoms with Gasteiger partial charge in [-0.3, -0.25) is 9.10 Å². The fraction of sp³-hybridized carbons (Fsp3) is 0.261. The molecule has 0 radical (unpaired) electrons. The van der Waals surface area contributed by atoms with E-state index in [1.54, 1.807) is 37.6 Å². The van der Waals surface area contributed by atoms with Gasteiger partial charge in [0.25, 0.3) is 10.0 Å². The highest BCUT2D eigenvalue weighted by Crippen LogP contribution is 2.37. The summed E-state index contributed by atoms with van der Waals surface area (Å²) in [4.78, 5) is 12.5. The molecule has 0 bridgehead atoms. The van der Waals surface area contributed by atoms with Crippen LogP contribution in [0, 0.1) is 13.8 Å². The molecule has 0 aliphatic heterocycles. The number of ketones is 1. The lowest BCUT2D eigenvalue weighted by molar-refractivity contribution is -0.137. The number of nitrogens with zero attached hydrogens (tertiary/aromatic N) is 2. The number of sulfonamides is 1. The summed E-state index contributed by atoms with van der Waals surface area (Å²) in [7, 11) is -1.65. The van der Waals surface area contributed by atoms with Crippen LogP contribution in [-0.4, -0.2) is 32.4 Å². The number of aryl methyl sites for hydroxylation is 1. The summed E-state index contributed by atoms with van der Waals surface area (Å²) < 4.78 is 75.1. The summed E-state index contributed by atoms with van der Waals surface area (Å²) in [5.41, 5.74) is 0.504. The number of aromatic nitrogens is 1. The van der Waals surface area contributed by atoms with Crippen molar-refractivity contribution >= 4 is 33.1 Å². The predicted molar refractivity (Wildman–Crippen MR) is 123 cm³/mol. The smallest absolute Gasteiger partial charge is 0.416 e. The molecule has 3 rings (SSSR count). The van der Waals surface area contributed by atoms with Gasteiger partial charge in [-0.2, -0.15) is 13.2 Å². The number of hydrogen-bond donors (Lipinski definition) is 0. The third kappa shape index (κ3) is 4.78. The summed E-state index contributed by atoms with van der Waals surface area (Å²) in [6, 6.07) is 9.64. The first-order valence-electron chi connectivity index (χ1n) is 9.97. The van der Waals surface area contributed by atoms with E-state index in [9.17, 15) is 26.4 Å². The van der Waals surface area contributed by atoms with Crippen LogP contribution in [0.4, 0.5) is 18.9 Å². The maximum atomic E-state index is 13.7. The Morgan fingerprint density at radius 3 is 2.32 bits per heavy atom. The number of Topliss-reactive ketones (excluding diaryl/α,β-unsaturated/α-hetero) is 1. The van der Waals surface area contributed by atoms with Crippen molar-refractivity contribution in [1.82, 2.24) is 4.57 Å². The van der Waals surface area contributed by atoms with Crippen LogP contribution in [-0.2, 0) is 23.2 Å². The summed E-state index contributed by atoms with van der Waals surface area (Å²) in [5.74, 6) is -0.429. The van der Waals surface area contributed by atoms with Crippen molar-refractivity contribution in [3.8, 4) is 5.75 Å². The second-order valence-electron chi connectivity index (χ2n) is 7.59. The molecule has 0 atom stereocenters. The van der Waals surface area contributed by atoms with Crippen molar-refractivity contribution in [2.45, 2.75) is 24.9 Å². The molecule has 182 valence electrons. The minimum atomic E-state index is -4.79. The van der Waals surface area contributed by atoms with Crippen LogP contribution in [0.3, 0.4) is 0 Å². The number of alkyl halides is 3. The van der Waals surface area contributed by atoms with Gasteiger partial charge in [-0.1, -0.05) is 23.7 Å². The fourth-order valence-corrected chi connectivity index (χ4v) is 5.42. The molecule has 0 aliphatic rings. The number of anilines is 1. The highest BCUT2D eigenvalue weighted by atomic mass is 35.5. The number of methoxy groups -OCH3 is 1. The lowest BCUT2D eigenvalue weighted by Crippen LogP contribution is -2.36. The molecule has 0 amide bonds. The molecule has 6 nitrogen and oxygen atoms in total. The Labute approximate surface area is 200 Å². The van der Waals surface area contributed by atoms with Crippen LogP contribution >= 0.6 is 11.6 Å². The van der Waals surface area contributed by atoms with Crippen molar-refractivity contribution < 1.29 is 31.1 Å². The lowest BCUT2D eigenvalue weighted by atomic mass is 10.1. The molecule has 0 saturated carbocycles. The standard InChI is InChI=1S/C23H22ClF3N2O4S/c1-14-11-17(15(2)28(14)3)20(30)13-29(19-7-5-6-8-21(19)33-4)34(31,32)22-12-16(23(25,26)27)9-10-18(22)24/h5-12H,13H2,1-4H3. The van der Waals surface area contributed by atoms with Gasteiger partial charge in [0, 0.05) is 24.0 Å². The Morgan fingerprint density at radius 1 is 1.12 bits per heavy atom. The Morgan fingerprint density at radius 2 is 1.76 bits per heavy atom. The summed E-state index contributed by atoms with van der Waals surface area (Å²) in [6.45, 7) is 2.83. The van der Waals surface area contributed by atoms with Crippen LogP contribution in [0.25, 0.3) is 0 Å². The van der Waals surface area contributed by atoms with Crippen LogP contribution in [0.5, 0.6) is 5.75 Å². The third-order valence-electron chi connectivity index (χ3n) is 5.54. The minimum Gasteiger partial charge on any atom is -0.495 e. The van der Waals surface area contributed by atoms with Gasteiger partial charge < -0.3 is 9.30 Å². The average Bonchev–Trinajstić information content (AvgIpc) is 3.04. The van der Waals surface area contributed by atoms with Crippen molar-refractivity contribution in [3.05, 3.63) is 76.1 Å². The zero-order valence-electron chi connectivity index (χ0n) is 18.8. The number of carbonyl (C=O) groups is 1. The van der Waals surface area contributed by atoms with E-state index < -0.39 is 44.0 Å². The van der Waals surface area contributed by atoms with Gasteiger partial charge in [-0.15, -0.1) is 0 Å². The van der Waals surface area contributed by atoms with E-state index in [4.69, 9.17) is 16.3 Å². The zero-order chi connectivity index (χ0) is 25.4. The van der Waals surface area contributed by atoms with E-state index in [-0.39, 0.29) is 11.4 Å². The quantitative estimate of drug-likeness (QED) is 0.396. The van der Waals surface area contributed by atoms with Crippen LogP contribution in [0.15, 0.2) is 53.4 Å². The molecule has 0 saturated heterocycles. The van der Waals surface area contributed by atoms with Gasteiger partial charge >= 0.3 is 6.18 Å². The molecule has 3 aromatic rings. The molecule has 34 heavy (non-hydrogen) atoms. The molecular weight excluding hydrogens is 493 g/mol. The maximum absolute atomic E-state index is 13.7. The molecule has 0 fully saturated rings. The second kappa shape index (κ2) is 9.34. The van der Waals surface area contributed by atoms with E-state index in [1.807, 2.05) is 0 Å². The molecular formula is C23H22ClF3N2O4S. The van der Waals surface area contributed by atoms with Crippen molar-refractivity contribution in [3.63, 3.8) is 0 Å². The number of para-hydroxylation sites is 2. The number of rotatable bonds is 7. The summed E-state index contributed by atoms with van der Waals surface area (Å²) >= 11 is 6.05. The van der Waals surface area contributed by atoms with E-state index >= 15 is 0 Å². The third-order valence-corrected chi connectivity index (χ3v) is 7.78. The predicted octanol–water partition coefficient (Wildman–Crippen LogP) is 5.40. The average molecular weight is 515 g/mol. The number of halogens is 4. The highest BCUT2D eigenvalue weighted by molar-refractivity contribution is 7.93. The molecule has 0 spiro atoms. The van der Waals surface area contributed by atoms with Crippen molar-refractivity contribution in [2.24, 2.45) is 7.05 Å². The monoisotopic (exact) mass is 514 g/mol. The zero-order valence-corrected chi connectivity index (χ0v) is 20.3. The second-order valence-corrected chi connectivity index (χ2v) is 9.83. The normalized spacial score (nSPS) is 12.0. The highest BCUT2D eigenvalue weighted by Gasteiger charge is 2.36. The van der Waals surface area contributed by atoms with Crippen LogP contribution < -0.4 is 9.04 Å². The molecule has 0 unspecified atom stereocenters. The summed E-state index contributed by atoms with van der Waals surface area (Å²) in [6.07, 6.45) is -4.79. The van der Waals surface area contributed by atoms with Gasteiger partial charge in [0.1, 0.15) is 10.6 Å². The van der Waals surface area contributed by atoms with Gasteiger partial charge in [-0.25, -0.2) is 8.42 Å². The molecule has 1 aromatic heterocycles. The van der Waals surface area contributed by atoms with E-state index in [2.05, 4.69) is 0 Å². The Bertz CT molecular complexity index is 1350. The number of benzene rings is 2. The first kappa shape index (κ1) is 25.6. The molecule has 2 aromatic carbocycles. The molecule has 11 heteroatoms. The van der Waals surface area contributed by atoms with E-state index in [0.29, 0.717) is 23.4 Å². The Balaban J connectivity index is 2.20. The van der Waals surface area contributed by atoms with Gasteiger partial charge in [0.05, 0.1) is 29.9 Å². The van der Waals surface area contributed by atoms with Gasteiger partial charge in [0.15, 0.2) is 5.78 Å². The maximum Gasteiger partial charge on any atom is 0.416 e. The molecule has 1 heterocycles. The van der Waals surface area contributed by atoms with Gasteiger partial charge in [-0.05, 0) is 50.2 Å². The first-order valence-corrected chi connectivity index (χ1v) is 11.8. The minimum absolute atomic E-state index is 0.0165. The van der Waals surface area contributed by atoms with Crippen LogP contribution in [0.2, 0.25) is 5.02 Å². The van der Waals surface area contributed by atoms with Crippen molar-refractivity contribution in [1.29, 1.82) is 0 Å². The summed E-state index contributed by atoms with van der Waals surface area (Å²) in [5, 5.41) is -0.410. The van der Waals surface area contributed by atoms with E-state index in [1.165, 1.54) is 25.3 Å². The first-order chi connectivity index (χ1) is 15.8. The number of carbonyl (C=O) groups excluding carboxylic acids is 1. The van der Waals surface area contributed by atoms with E-state index in [0.717, 1.165) is 16.1 Å². The van der Waals surface area contributed by atoms with Crippen LogP contribution in [0.1, 0.15) is 27.3 Å². The Kier molecular flexibility index (Phi) is 7.05. The molecule has 0 aliphatic carbocycles. The SMILES string of the molecule is COc1ccccc1N(CC(=O)c1cc(C)n(C)c1C)S(=O)(=O)c1cc(C(F)(F)F)ccc1Cl. The fourth-order valence-electron chi connectivity index (χ4n) is 3.48. The number of ether oxygens (including phenoxy) is 1. The number of hydrogen-bond acceptors (Lipinski definition) is 4. The van der Waals surface area contributed by atoms with Gasteiger partial charge in [0.2, 0.25) is 0 Å². The molecule has 0 N–H and O–H groups in total. The topological polar surface area (TPSA) is 68.6 Å². The van der Waals surface area contributed by atoms with Crippen molar-refractivity contribution in [2.75, 3.05) is 18.0 Å². The lowest BCUT2D eigenvalue weighted by Gasteiger charge is -2.26. The largest absolute Gasteiger partial charge is 0.495 e. The Hall–Kier alpha value is -2.98.